The minimum absolute atomic E-state index is 0.0285. The number of imide groups is 1. The number of nitrogens with one attached hydrogen (secondary N) is 3. The first-order valence-electron chi connectivity index (χ1n) is 18.1. The van der Waals surface area contributed by atoms with Gasteiger partial charge in [0.05, 0.1) is 52.3 Å². The molecule has 11 atom stereocenters. The molecule has 4 rings (SSSR count). The summed E-state index contributed by atoms with van der Waals surface area (Å²) in [7, 11) is 0. The second-order valence-electron chi connectivity index (χ2n) is 13.5. The third kappa shape index (κ3) is 12.3. The third-order valence-electron chi connectivity index (χ3n) is 9.27. The summed E-state index contributed by atoms with van der Waals surface area (Å²) in [6.45, 7) is -2.41. The number of rotatable bonds is 11. The van der Waals surface area contributed by atoms with Gasteiger partial charge >= 0.3 is 18.3 Å². The van der Waals surface area contributed by atoms with Crippen molar-refractivity contribution in [3.63, 3.8) is 0 Å². The number of carbonyl (C=O) groups excluding carboxylic acids is 6. The van der Waals surface area contributed by atoms with Crippen molar-refractivity contribution in [3.05, 3.63) is 0 Å². The molecular weight excluding hydrogens is 742 g/mol. The Kier molecular flexibility index (Phi) is 17.2. The SMILES string of the molecule is O=C[N+]1(OC(=O)CCCCCNC(=O)CN2CC(=O)NCCOC3OC(OC4C(OCCNC(=O)C2)OC(CO)C(O)C4O)C(O)C(O)C3O)CCCC1=O. The number of hydrogen-bond donors (Lipinski definition) is 9. The minimum Gasteiger partial charge on any atom is -0.394 e. The predicted octanol–water partition coefficient (Wildman–Crippen LogP) is -6.41. The number of quaternary nitrogens is 1. The quantitative estimate of drug-likeness (QED) is 0.0533. The molecule has 9 N–H and O–H groups in total. The number of likely N-dealkylation sites (tertiary alicyclic amines) is 1. The number of aliphatic hydroxyl groups excluding tert-OH is 6. The maximum atomic E-state index is 12.8. The van der Waals surface area contributed by atoms with Gasteiger partial charge in [-0.3, -0.25) is 24.1 Å². The molecule has 2 bridgehead atoms. The summed E-state index contributed by atoms with van der Waals surface area (Å²) in [5, 5.41) is 70.1. The second-order valence-corrected chi connectivity index (χ2v) is 13.5. The van der Waals surface area contributed by atoms with Gasteiger partial charge in [0.15, 0.2) is 18.9 Å². The average Bonchev–Trinajstić information content (AvgIpc) is 3.51. The minimum atomic E-state index is -1.87. The number of amides is 5. The lowest BCUT2D eigenvalue weighted by atomic mass is 9.98. The lowest BCUT2D eigenvalue weighted by Crippen LogP contribution is -2.64. The van der Waals surface area contributed by atoms with E-state index in [9.17, 15) is 59.4 Å². The summed E-state index contributed by atoms with van der Waals surface area (Å²) < 4.78 is 26.9. The van der Waals surface area contributed by atoms with E-state index in [4.69, 9.17) is 28.5 Å². The van der Waals surface area contributed by atoms with Gasteiger partial charge in [-0.25, -0.2) is 14.4 Å². The van der Waals surface area contributed by atoms with E-state index in [-0.39, 0.29) is 58.8 Å². The highest BCUT2D eigenvalue weighted by atomic mass is 16.8. The van der Waals surface area contributed by atoms with E-state index < -0.39 is 116 Å². The Hall–Kier alpha value is -3.30. The molecule has 5 amide bonds. The van der Waals surface area contributed by atoms with Crippen molar-refractivity contribution in [2.45, 2.75) is 100 Å². The van der Waals surface area contributed by atoms with E-state index >= 15 is 0 Å². The zero-order valence-electron chi connectivity index (χ0n) is 30.1. The number of unbranched alkanes of at least 4 members (excludes halogenated alkanes) is 2. The van der Waals surface area contributed by atoms with Crippen molar-refractivity contribution in [2.24, 2.45) is 0 Å². The van der Waals surface area contributed by atoms with Crippen LogP contribution in [0.3, 0.4) is 0 Å². The molecule has 312 valence electrons. The Balaban J connectivity index is 1.30. The Morgan fingerprint density at radius 2 is 1.49 bits per heavy atom. The first-order valence-corrected chi connectivity index (χ1v) is 18.1. The molecule has 4 aliphatic rings. The van der Waals surface area contributed by atoms with E-state index in [0.29, 0.717) is 32.1 Å². The normalized spacial score (nSPS) is 35.9. The summed E-state index contributed by atoms with van der Waals surface area (Å²) in [4.78, 5) is 80.3. The fourth-order valence-electron chi connectivity index (χ4n) is 6.27. The van der Waals surface area contributed by atoms with Gasteiger partial charge in [0, 0.05) is 26.1 Å². The lowest BCUT2D eigenvalue weighted by molar-refractivity contribution is -0.948. The number of ether oxygens (including phenoxy) is 5. The summed E-state index contributed by atoms with van der Waals surface area (Å²) in [5.41, 5.74) is 0. The van der Waals surface area contributed by atoms with Gasteiger partial charge in [-0.2, -0.15) is 0 Å². The molecule has 0 saturated carbocycles. The standard InChI is InChI=1S/C32H51N5O18/c38-16-18-24(45)26(47)29-32(52-18)51-12-9-35-21(42)15-36(14-20(41)34-8-11-50-30-27(48)25(46)28(49)31(53-29)54-30)13-19(40)33-7-3-1-2-6-23(44)55-37(17-39)10-4-5-22(37)43/h17-18,24-32,38,45-49H,1-16H2,(H2-,33,34,35,40,41,42)/p+1. The Bertz CT molecular complexity index is 1330. The smallest absolute Gasteiger partial charge is 0.368 e. The van der Waals surface area contributed by atoms with Crippen LogP contribution < -0.4 is 16.0 Å². The van der Waals surface area contributed by atoms with Crippen LogP contribution in [0.5, 0.6) is 0 Å². The summed E-state index contributed by atoms with van der Waals surface area (Å²) in [5.74, 6) is -2.85. The lowest BCUT2D eigenvalue weighted by Gasteiger charge is -2.45. The van der Waals surface area contributed by atoms with Gasteiger partial charge in [0.1, 0.15) is 49.3 Å². The molecule has 55 heavy (non-hydrogen) atoms. The molecule has 0 aromatic heterocycles. The van der Waals surface area contributed by atoms with E-state index in [2.05, 4.69) is 16.0 Å². The highest BCUT2D eigenvalue weighted by Crippen LogP contribution is 2.30. The van der Waals surface area contributed by atoms with Gasteiger partial charge in [-0.15, -0.1) is 0 Å². The number of carbonyl (C=O) groups is 6. The van der Waals surface area contributed by atoms with Crippen LogP contribution in [0.15, 0.2) is 0 Å². The van der Waals surface area contributed by atoms with Crippen molar-refractivity contribution in [3.8, 4) is 0 Å². The molecule has 0 aliphatic carbocycles. The number of hydroxylamine groups is 3. The molecule has 4 heterocycles. The van der Waals surface area contributed by atoms with E-state index in [1.807, 2.05) is 0 Å². The van der Waals surface area contributed by atoms with Gasteiger partial charge < -0.3 is 70.3 Å². The van der Waals surface area contributed by atoms with Crippen LogP contribution in [0.1, 0.15) is 38.5 Å². The Morgan fingerprint density at radius 1 is 0.836 bits per heavy atom. The monoisotopic (exact) mass is 794 g/mol. The van der Waals surface area contributed by atoms with Crippen LogP contribution in [0.25, 0.3) is 0 Å². The van der Waals surface area contributed by atoms with Crippen LogP contribution >= 0.6 is 0 Å². The molecule has 0 aromatic carbocycles. The largest absolute Gasteiger partial charge is 0.394 e. The molecule has 0 spiro atoms. The highest BCUT2D eigenvalue weighted by Gasteiger charge is 2.51. The molecule has 4 aliphatic heterocycles. The maximum absolute atomic E-state index is 12.8. The van der Waals surface area contributed by atoms with Crippen molar-refractivity contribution in [1.29, 1.82) is 0 Å². The number of nitrogens with zero attached hydrogens (tertiary/aromatic N) is 2. The van der Waals surface area contributed by atoms with Crippen LogP contribution in [0.4, 0.5) is 0 Å². The first kappa shape index (κ1) is 44.4. The summed E-state index contributed by atoms with van der Waals surface area (Å²) in [6, 6.07) is 0. The van der Waals surface area contributed by atoms with E-state index in [0.717, 1.165) is 0 Å². The highest BCUT2D eigenvalue weighted by molar-refractivity contribution is 5.84. The zero-order valence-corrected chi connectivity index (χ0v) is 30.1. The first-order chi connectivity index (χ1) is 26.3. The van der Waals surface area contributed by atoms with Crippen molar-refractivity contribution in [2.75, 3.05) is 65.6 Å². The topological polar surface area (TPSA) is 319 Å². The Morgan fingerprint density at radius 3 is 2.11 bits per heavy atom. The van der Waals surface area contributed by atoms with Gasteiger partial charge in [0.25, 0.3) is 0 Å². The van der Waals surface area contributed by atoms with Gasteiger partial charge in [0.2, 0.25) is 17.7 Å². The number of hydrogen-bond acceptors (Lipinski definition) is 19. The average molecular weight is 795 g/mol. The molecule has 0 aromatic rings. The van der Waals surface area contributed by atoms with Crippen LogP contribution in [0, 0.1) is 0 Å². The van der Waals surface area contributed by atoms with E-state index in [1.165, 1.54) is 4.90 Å². The van der Waals surface area contributed by atoms with Crippen LogP contribution in [-0.4, -0.2) is 203 Å². The Labute approximate surface area is 315 Å². The van der Waals surface area contributed by atoms with Crippen molar-refractivity contribution < 1.29 is 92.6 Å². The number of aliphatic hydroxyl groups is 6. The van der Waals surface area contributed by atoms with Crippen LogP contribution in [-0.2, 0) is 57.3 Å². The molecule has 0 radical (unpaired) electrons. The third-order valence-corrected chi connectivity index (χ3v) is 9.27. The molecule has 23 heteroatoms. The fourth-order valence-corrected chi connectivity index (χ4v) is 6.27. The van der Waals surface area contributed by atoms with Gasteiger partial charge in [-0.1, -0.05) is 6.42 Å². The van der Waals surface area contributed by atoms with E-state index in [1.54, 1.807) is 0 Å². The van der Waals surface area contributed by atoms with Crippen LogP contribution in [0.2, 0.25) is 0 Å². The van der Waals surface area contributed by atoms with Crippen molar-refractivity contribution >= 4 is 36.0 Å². The summed E-state index contributed by atoms with van der Waals surface area (Å²) in [6.07, 6.45) is -14.4. The van der Waals surface area contributed by atoms with Crippen molar-refractivity contribution in [1.82, 2.24) is 20.9 Å². The predicted molar refractivity (Wildman–Crippen MR) is 177 cm³/mol. The molecule has 23 nitrogen and oxygen atoms in total. The fraction of sp³-hybridized carbons (Fsp3) is 0.812. The maximum Gasteiger partial charge on any atom is 0.368 e. The summed E-state index contributed by atoms with van der Waals surface area (Å²) >= 11 is 0. The molecule has 4 fully saturated rings. The molecular formula is C32H52N5O18+. The molecule has 11 unspecified atom stereocenters. The second kappa shape index (κ2) is 21.3. The number of fused-ring (bicyclic) bond motifs is 3. The zero-order chi connectivity index (χ0) is 40.1. The van der Waals surface area contributed by atoms with Gasteiger partial charge in [-0.05, 0) is 17.5 Å². The molecule has 4 saturated heterocycles.